The Kier molecular flexibility index (Phi) is 7.10. The van der Waals surface area contributed by atoms with E-state index in [0.717, 1.165) is 43.8 Å². The molecule has 2 aliphatic rings. The molecule has 4 rings (SSSR count). The number of piperidine rings is 1. The number of carbonyl (C=O) groups is 2. The lowest BCUT2D eigenvalue weighted by Crippen LogP contribution is -2.49. The quantitative estimate of drug-likeness (QED) is 0.726. The second kappa shape index (κ2) is 10.2. The number of methoxy groups -OCH3 is 1. The maximum Gasteiger partial charge on any atom is 0.240 e. The second-order valence-electron chi connectivity index (χ2n) is 9.08. The zero-order valence-corrected chi connectivity index (χ0v) is 18.8. The zero-order chi connectivity index (χ0) is 22.5. The van der Waals surface area contributed by atoms with Gasteiger partial charge in [0.05, 0.1) is 7.11 Å². The molecular formula is C26H33N3O3. The molecule has 0 aromatic heterocycles. The normalized spacial score (nSPS) is 22.7. The summed E-state index contributed by atoms with van der Waals surface area (Å²) in [7, 11) is 1.68. The average molecular weight is 436 g/mol. The van der Waals surface area contributed by atoms with Crippen molar-refractivity contribution in [2.75, 3.05) is 26.7 Å². The van der Waals surface area contributed by atoms with Crippen molar-refractivity contribution in [1.82, 2.24) is 9.80 Å². The van der Waals surface area contributed by atoms with Gasteiger partial charge in [-0.25, -0.2) is 0 Å². The predicted molar refractivity (Wildman–Crippen MR) is 124 cm³/mol. The van der Waals surface area contributed by atoms with Gasteiger partial charge in [-0.2, -0.15) is 0 Å². The summed E-state index contributed by atoms with van der Waals surface area (Å²) in [6.45, 7) is 3.47. The molecule has 2 fully saturated rings. The van der Waals surface area contributed by atoms with Crippen LogP contribution >= 0.6 is 0 Å². The fraction of sp³-hybridized carbons (Fsp3) is 0.462. The topological polar surface area (TPSA) is 75.9 Å². The van der Waals surface area contributed by atoms with Crippen LogP contribution in [-0.2, 0) is 22.6 Å². The van der Waals surface area contributed by atoms with Crippen molar-refractivity contribution in [3.8, 4) is 5.75 Å². The standard InChI is InChI=1S/C26H33N3O3/c1-32-23-9-7-20(8-10-23)17-28-13-11-21-16-25(30)29(14-12-22(21)18-28)24(26(27)31)15-19-5-3-2-4-6-19/h2-10,21-22,24H,11-18H2,1H3,(H2,27,31)/t21-,22-,24-/m0/s1. The van der Waals surface area contributed by atoms with Crippen LogP contribution in [0.15, 0.2) is 54.6 Å². The van der Waals surface area contributed by atoms with Crippen LogP contribution in [0.5, 0.6) is 5.75 Å². The molecule has 0 spiro atoms. The van der Waals surface area contributed by atoms with E-state index in [1.54, 1.807) is 12.0 Å². The van der Waals surface area contributed by atoms with Crippen LogP contribution in [0, 0.1) is 11.8 Å². The Morgan fingerprint density at radius 2 is 1.75 bits per heavy atom. The summed E-state index contributed by atoms with van der Waals surface area (Å²) in [5.74, 6) is 1.36. The first kappa shape index (κ1) is 22.3. The lowest BCUT2D eigenvalue weighted by molar-refractivity contribution is -0.139. The summed E-state index contributed by atoms with van der Waals surface area (Å²) in [6, 6.07) is 17.5. The van der Waals surface area contributed by atoms with Gasteiger partial charge in [-0.3, -0.25) is 14.5 Å². The summed E-state index contributed by atoms with van der Waals surface area (Å²) in [5.41, 5.74) is 8.05. The van der Waals surface area contributed by atoms with Crippen LogP contribution in [0.3, 0.4) is 0 Å². The first-order valence-electron chi connectivity index (χ1n) is 11.5. The van der Waals surface area contributed by atoms with Crippen LogP contribution in [0.25, 0.3) is 0 Å². The highest BCUT2D eigenvalue weighted by atomic mass is 16.5. The van der Waals surface area contributed by atoms with Crippen molar-refractivity contribution >= 4 is 11.8 Å². The molecule has 0 saturated carbocycles. The number of primary amides is 1. The molecule has 6 heteroatoms. The van der Waals surface area contributed by atoms with E-state index in [9.17, 15) is 9.59 Å². The van der Waals surface area contributed by atoms with E-state index < -0.39 is 11.9 Å². The lowest BCUT2D eigenvalue weighted by Gasteiger charge is -2.37. The molecule has 2 aromatic rings. The van der Waals surface area contributed by atoms with Crippen molar-refractivity contribution in [3.05, 3.63) is 65.7 Å². The highest BCUT2D eigenvalue weighted by Gasteiger charge is 2.38. The third-order valence-electron chi connectivity index (χ3n) is 7.02. The largest absolute Gasteiger partial charge is 0.497 e. The molecule has 0 radical (unpaired) electrons. The van der Waals surface area contributed by atoms with Gasteiger partial charge in [-0.1, -0.05) is 42.5 Å². The van der Waals surface area contributed by atoms with Gasteiger partial charge >= 0.3 is 0 Å². The molecule has 170 valence electrons. The van der Waals surface area contributed by atoms with Crippen molar-refractivity contribution < 1.29 is 14.3 Å². The average Bonchev–Trinajstić information content (AvgIpc) is 2.96. The van der Waals surface area contributed by atoms with E-state index in [4.69, 9.17) is 10.5 Å². The zero-order valence-electron chi connectivity index (χ0n) is 18.8. The van der Waals surface area contributed by atoms with Gasteiger partial charge in [0, 0.05) is 32.5 Å². The summed E-state index contributed by atoms with van der Waals surface area (Å²) < 4.78 is 5.25. The number of benzene rings is 2. The summed E-state index contributed by atoms with van der Waals surface area (Å²) in [5, 5.41) is 0. The molecule has 2 heterocycles. The molecule has 2 saturated heterocycles. The molecule has 2 aromatic carbocycles. The molecular weight excluding hydrogens is 402 g/mol. The Labute approximate surface area is 190 Å². The second-order valence-corrected chi connectivity index (χ2v) is 9.08. The molecule has 0 bridgehead atoms. The molecule has 6 nitrogen and oxygen atoms in total. The lowest BCUT2D eigenvalue weighted by atomic mass is 9.82. The van der Waals surface area contributed by atoms with E-state index in [0.29, 0.717) is 31.2 Å². The van der Waals surface area contributed by atoms with Gasteiger partial charge in [0.2, 0.25) is 11.8 Å². The molecule has 0 unspecified atom stereocenters. The Morgan fingerprint density at radius 3 is 2.44 bits per heavy atom. The fourth-order valence-electron chi connectivity index (χ4n) is 5.19. The van der Waals surface area contributed by atoms with Gasteiger partial charge < -0.3 is 15.4 Å². The van der Waals surface area contributed by atoms with Crippen molar-refractivity contribution in [2.45, 2.75) is 38.3 Å². The minimum atomic E-state index is -0.583. The molecule has 32 heavy (non-hydrogen) atoms. The Hall–Kier alpha value is -2.86. The molecule has 2 aliphatic heterocycles. The Balaban J connectivity index is 1.40. The van der Waals surface area contributed by atoms with Gasteiger partial charge in [0.1, 0.15) is 11.8 Å². The van der Waals surface area contributed by atoms with Crippen molar-refractivity contribution in [1.29, 1.82) is 0 Å². The van der Waals surface area contributed by atoms with Gasteiger partial charge in [-0.15, -0.1) is 0 Å². The van der Waals surface area contributed by atoms with Crippen LogP contribution in [0.1, 0.15) is 30.4 Å². The van der Waals surface area contributed by atoms with Gasteiger partial charge in [-0.05, 0) is 54.5 Å². The third kappa shape index (κ3) is 5.30. The summed E-state index contributed by atoms with van der Waals surface area (Å²) in [4.78, 5) is 29.7. The number of hydrogen-bond acceptors (Lipinski definition) is 4. The van der Waals surface area contributed by atoms with E-state index >= 15 is 0 Å². The Bertz CT molecular complexity index is 916. The minimum Gasteiger partial charge on any atom is -0.497 e. The number of ether oxygens (including phenoxy) is 1. The SMILES string of the molecule is COc1ccc(CN2CC[C@H]3CC(=O)N([C@@H](Cc4ccccc4)C(N)=O)CC[C@H]3C2)cc1. The molecule has 3 atom stereocenters. The minimum absolute atomic E-state index is 0.0702. The number of nitrogens with zero attached hydrogens (tertiary/aromatic N) is 2. The van der Waals surface area contributed by atoms with Gasteiger partial charge in [0.25, 0.3) is 0 Å². The smallest absolute Gasteiger partial charge is 0.240 e. The first-order chi connectivity index (χ1) is 15.5. The number of amides is 2. The highest BCUT2D eigenvalue weighted by molar-refractivity contribution is 5.87. The number of carbonyl (C=O) groups excluding carboxylic acids is 2. The first-order valence-corrected chi connectivity index (χ1v) is 11.5. The number of likely N-dealkylation sites (tertiary alicyclic amines) is 2. The van der Waals surface area contributed by atoms with E-state index in [2.05, 4.69) is 17.0 Å². The van der Waals surface area contributed by atoms with Crippen LogP contribution < -0.4 is 10.5 Å². The number of fused-ring (bicyclic) bond motifs is 1. The number of hydrogen-bond donors (Lipinski definition) is 1. The predicted octanol–water partition coefficient (Wildman–Crippen LogP) is 2.85. The van der Waals surface area contributed by atoms with Crippen molar-refractivity contribution in [3.63, 3.8) is 0 Å². The van der Waals surface area contributed by atoms with Crippen LogP contribution in [-0.4, -0.2) is 54.4 Å². The molecule has 2 amide bonds. The monoisotopic (exact) mass is 435 g/mol. The maximum absolute atomic E-state index is 13.1. The number of nitrogens with two attached hydrogens (primary N) is 1. The molecule has 0 aliphatic carbocycles. The van der Waals surface area contributed by atoms with E-state index in [1.807, 2.05) is 42.5 Å². The van der Waals surface area contributed by atoms with Crippen LogP contribution in [0.2, 0.25) is 0 Å². The molecule has 2 N–H and O–H groups in total. The highest BCUT2D eigenvalue weighted by Crippen LogP contribution is 2.34. The van der Waals surface area contributed by atoms with Crippen LogP contribution in [0.4, 0.5) is 0 Å². The Morgan fingerprint density at radius 1 is 1.03 bits per heavy atom. The maximum atomic E-state index is 13.1. The van der Waals surface area contributed by atoms with Gasteiger partial charge in [0.15, 0.2) is 0 Å². The third-order valence-corrected chi connectivity index (χ3v) is 7.02. The summed E-state index contributed by atoms with van der Waals surface area (Å²) in [6.07, 6.45) is 2.91. The van der Waals surface area contributed by atoms with E-state index in [1.165, 1.54) is 5.56 Å². The van der Waals surface area contributed by atoms with E-state index in [-0.39, 0.29) is 5.91 Å². The fourth-order valence-corrected chi connectivity index (χ4v) is 5.19. The summed E-state index contributed by atoms with van der Waals surface area (Å²) >= 11 is 0. The van der Waals surface area contributed by atoms with Crippen molar-refractivity contribution in [2.24, 2.45) is 17.6 Å². The number of rotatable bonds is 7.